The van der Waals surface area contributed by atoms with Gasteiger partial charge in [0, 0.05) is 11.8 Å². The monoisotopic (exact) mass is 244 g/mol. The van der Waals surface area contributed by atoms with Crippen molar-refractivity contribution in [2.45, 2.75) is 13.8 Å². The molecule has 0 aromatic carbocycles. The molecule has 2 rings (SSSR count). The van der Waals surface area contributed by atoms with Crippen LogP contribution < -0.4 is 4.74 Å². The second-order valence-corrected chi connectivity index (χ2v) is 3.80. The van der Waals surface area contributed by atoms with E-state index in [1.54, 1.807) is 18.2 Å². The van der Waals surface area contributed by atoms with Gasteiger partial charge in [-0.1, -0.05) is 6.07 Å². The molecule has 1 N–H and O–H groups in total. The van der Waals surface area contributed by atoms with Gasteiger partial charge in [-0.05, 0) is 32.0 Å². The fourth-order valence-corrected chi connectivity index (χ4v) is 1.49. The van der Waals surface area contributed by atoms with Crippen LogP contribution in [0.1, 0.15) is 21.9 Å². The van der Waals surface area contributed by atoms with E-state index in [9.17, 15) is 4.79 Å². The van der Waals surface area contributed by atoms with Crippen molar-refractivity contribution in [3.63, 3.8) is 0 Å². The van der Waals surface area contributed by atoms with Crippen molar-refractivity contribution < 1.29 is 14.6 Å². The number of ether oxygens (including phenoxy) is 1. The third kappa shape index (κ3) is 2.63. The molecule has 0 aliphatic rings. The molecule has 92 valence electrons. The normalized spacial score (nSPS) is 10.1. The predicted octanol–water partition coefficient (Wildman–Crippen LogP) is 2.58. The fraction of sp³-hybridized carbons (Fsp3) is 0.154. The van der Waals surface area contributed by atoms with E-state index in [1.807, 2.05) is 19.9 Å². The molecule has 0 atom stereocenters. The van der Waals surface area contributed by atoms with E-state index in [0.717, 1.165) is 11.4 Å². The maximum absolute atomic E-state index is 10.8. The van der Waals surface area contributed by atoms with Crippen LogP contribution in [0.3, 0.4) is 0 Å². The van der Waals surface area contributed by atoms with E-state index in [1.165, 1.54) is 6.07 Å². The number of rotatable bonds is 3. The molecule has 5 nitrogen and oxygen atoms in total. The molecule has 0 aliphatic carbocycles. The van der Waals surface area contributed by atoms with Gasteiger partial charge < -0.3 is 9.84 Å². The minimum atomic E-state index is -1.08. The maximum Gasteiger partial charge on any atom is 0.354 e. The van der Waals surface area contributed by atoms with Gasteiger partial charge in [-0.3, -0.25) is 4.98 Å². The highest BCUT2D eigenvalue weighted by Gasteiger charge is 2.08. The van der Waals surface area contributed by atoms with Crippen molar-refractivity contribution in [2.24, 2.45) is 0 Å². The zero-order valence-electron chi connectivity index (χ0n) is 10.0. The van der Waals surface area contributed by atoms with Crippen LogP contribution in [-0.2, 0) is 0 Å². The average molecular weight is 244 g/mol. The van der Waals surface area contributed by atoms with Crippen LogP contribution in [0, 0.1) is 13.8 Å². The van der Waals surface area contributed by atoms with Crippen LogP contribution in [0.4, 0.5) is 0 Å². The molecule has 0 radical (unpaired) electrons. The van der Waals surface area contributed by atoms with Crippen molar-refractivity contribution in [1.29, 1.82) is 0 Å². The van der Waals surface area contributed by atoms with Gasteiger partial charge in [0.25, 0.3) is 0 Å². The van der Waals surface area contributed by atoms with Crippen molar-refractivity contribution >= 4 is 5.97 Å². The zero-order chi connectivity index (χ0) is 13.1. The van der Waals surface area contributed by atoms with Crippen LogP contribution in [0.25, 0.3) is 0 Å². The third-order valence-corrected chi connectivity index (χ3v) is 2.33. The van der Waals surface area contributed by atoms with Gasteiger partial charge in [-0.2, -0.15) is 0 Å². The Morgan fingerprint density at radius 2 is 1.94 bits per heavy atom. The molecule has 0 amide bonds. The van der Waals surface area contributed by atoms with Crippen LogP contribution in [0.5, 0.6) is 11.6 Å². The minimum absolute atomic E-state index is 0.0507. The molecule has 5 heteroatoms. The number of carboxylic acids is 1. The summed E-state index contributed by atoms with van der Waals surface area (Å²) in [6.45, 7) is 3.71. The van der Waals surface area contributed by atoms with E-state index in [-0.39, 0.29) is 11.6 Å². The lowest BCUT2D eigenvalue weighted by Gasteiger charge is -2.07. The van der Waals surface area contributed by atoms with Crippen molar-refractivity contribution in [3.8, 4) is 11.6 Å². The summed E-state index contributed by atoms with van der Waals surface area (Å²) in [6, 6.07) is 8.21. The van der Waals surface area contributed by atoms with E-state index < -0.39 is 5.97 Å². The predicted molar refractivity (Wildman–Crippen MR) is 65.0 cm³/mol. The van der Waals surface area contributed by atoms with Crippen molar-refractivity contribution in [3.05, 3.63) is 47.4 Å². The highest BCUT2D eigenvalue weighted by Crippen LogP contribution is 2.22. The smallest absolute Gasteiger partial charge is 0.354 e. The molecule has 0 bridgehead atoms. The lowest BCUT2D eigenvalue weighted by molar-refractivity contribution is 0.0689. The van der Waals surface area contributed by atoms with Gasteiger partial charge in [0.2, 0.25) is 5.88 Å². The van der Waals surface area contributed by atoms with Gasteiger partial charge in [0.15, 0.2) is 11.4 Å². The summed E-state index contributed by atoms with van der Waals surface area (Å²) in [5, 5.41) is 8.84. The largest absolute Gasteiger partial charge is 0.477 e. The molecular formula is C13H12N2O3. The van der Waals surface area contributed by atoms with E-state index in [4.69, 9.17) is 9.84 Å². The van der Waals surface area contributed by atoms with Gasteiger partial charge in [-0.25, -0.2) is 9.78 Å². The lowest BCUT2D eigenvalue weighted by Crippen LogP contribution is -2.01. The van der Waals surface area contributed by atoms with Gasteiger partial charge in [0.1, 0.15) is 0 Å². The van der Waals surface area contributed by atoms with Crippen molar-refractivity contribution in [2.75, 3.05) is 0 Å². The van der Waals surface area contributed by atoms with E-state index in [2.05, 4.69) is 9.97 Å². The second kappa shape index (κ2) is 4.83. The summed E-state index contributed by atoms with van der Waals surface area (Å²) in [7, 11) is 0. The lowest BCUT2D eigenvalue weighted by atomic mass is 10.3. The molecule has 2 heterocycles. The number of pyridine rings is 2. The first kappa shape index (κ1) is 12.0. The third-order valence-electron chi connectivity index (χ3n) is 2.33. The molecule has 2 aromatic heterocycles. The molecule has 0 aliphatic heterocycles. The average Bonchev–Trinajstić information content (AvgIpc) is 2.33. The Hall–Kier alpha value is -2.43. The Bertz CT molecular complexity index is 597. The number of aromatic carboxylic acids is 1. The quantitative estimate of drug-likeness (QED) is 0.898. The van der Waals surface area contributed by atoms with Crippen LogP contribution >= 0.6 is 0 Å². The molecule has 0 fully saturated rings. The first-order valence-corrected chi connectivity index (χ1v) is 5.39. The van der Waals surface area contributed by atoms with Crippen LogP contribution in [0.15, 0.2) is 30.3 Å². The number of carbonyl (C=O) groups is 1. The summed E-state index contributed by atoms with van der Waals surface area (Å²) in [5.74, 6) is -0.279. The minimum Gasteiger partial charge on any atom is -0.477 e. The zero-order valence-corrected chi connectivity index (χ0v) is 10.0. The highest BCUT2D eigenvalue weighted by atomic mass is 16.5. The number of nitrogens with zero attached hydrogens (tertiary/aromatic N) is 2. The Balaban J connectivity index is 2.28. The Morgan fingerprint density at radius 3 is 2.61 bits per heavy atom. The summed E-state index contributed by atoms with van der Waals surface area (Å²) >= 11 is 0. The Kier molecular flexibility index (Phi) is 3.23. The molecule has 0 unspecified atom stereocenters. The summed E-state index contributed by atoms with van der Waals surface area (Å²) in [5.41, 5.74) is 1.58. The number of hydrogen-bond acceptors (Lipinski definition) is 4. The van der Waals surface area contributed by atoms with Gasteiger partial charge in [0.05, 0.1) is 5.69 Å². The van der Waals surface area contributed by atoms with Gasteiger partial charge >= 0.3 is 5.97 Å². The molecule has 0 saturated carbocycles. The first-order chi connectivity index (χ1) is 8.56. The summed E-state index contributed by atoms with van der Waals surface area (Å²) in [4.78, 5) is 18.9. The Labute approximate surface area is 104 Å². The molecular weight excluding hydrogens is 232 g/mol. The first-order valence-electron chi connectivity index (χ1n) is 5.39. The molecule has 0 saturated heterocycles. The summed E-state index contributed by atoms with van der Waals surface area (Å²) in [6.07, 6.45) is 0. The second-order valence-electron chi connectivity index (χ2n) is 3.80. The number of carboxylic acid groups (broad SMARTS) is 1. The molecule has 2 aromatic rings. The van der Waals surface area contributed by atoms with E-state index in [0.29, 0.717) is 5.75 Å². The number of hydrogen-bond donors (Lipinski definition) is 1. The fourth-order valence-electron chi connectivity index (χ4n) is 1.49. The Morgan fingerprint density at radius 1 is 1.17 bits per heavy atom. The standard InChI is InChI=1S/C13H12N2O3/c1-8-6-7-11(9(2)14-8)18-12-5-3-4-10(15-12)13(16)17/h3-7H,1-2H3,(H,16,17). The number of aromatic nitrogens is 2. The van der Waals surface area contributed by atoms with E-state index >= 15 is 0 Å². The number of aryl methyl sites for hydroxylation is 2. The van der Waals surface area contributed by atoms with Crippen molar-refractivity contribution in [1.82, 2.24) is 9.97 Å². The van der Waals surface area contributed by atoms with Gasteiger partial charge in [-0.15, -0.1) is 0 Å². The van der Waals surface area contributed by atoms with Crippen LogP contribution in [0.2, 0.25) is 0 Å². The maximum atomic E-state index is 10.8. The molecule has 18 heavy (non-hydrogen) atoms. The van der Waals surface area contributed by atoms with Crippen LogP contribution in [-0.4, -0.2) is 21.0 Å². The summed E-state index contributed by atoms with van der Waals surface area (Å²) < 4.78 is 5.52. The highest BCUT2D eigenvalue weighted by molar-refractivity contribution is 5.85. The SMILES string of the molecule is Cc1ccc(Oc2cccc(C(=O)O)n2)c(C)n1. The topological polar surface area (TPSA) is 72.3 Å². The molecule has 0 spiro atoms.